The van der Waals surface area contributed by atoms with E-state index in [0.717, 1.165) is 40.9 Å². The lowest BCUT2D eigenvalue weighted by Crippen LogP contribution is -2.40. The van der Waals surface area contributed by atoms with Crippen LogP contribution < -0.4 is 4.90 Å². The van der Waals surface area contributed by atoms with E-state index in [0.29, 0.717) is 17.9 Å². The molecule has 1 atom stereocenters. The van der Waals surface area contributed by atoms with Gasteiger partial charge in [0, 0.05) is 39.9 Å². The number of amides is 1. The second-order valence-corrected chi connectivity index (χ2v) is 8.64. The Morgan fingerprint density at radius 3 is 2.54 bits per heavy atom. The molecule has 1 amide bonds. The minimum atomic E-state index is -0.165. The largest absolute Gasteiger partial charge is 0.294 e. The minimum absolute atomic E-state index is 0.0257. The van der Waals surface area contributed by atoms with Gasteiger partial charge in [-0.05, 0) is 61.4 Å². The number of halogens is 1. The van der Waals surface area contributed by atoms with Crippen molar-refractivity contribution in [3.63, 3.8) is 0 Å². The number of aryl methyl sites for hydroxylation is 1. The second-order valence-electron chi connectivity index (χ2n) is 7.33. The van der Waals surface area contributed by atoms with Crippen molar-refractivity contribution >= 4 is 40.7 Å². The van der Waals surface area contributed by atoms with Gasteiger partial charge in [-0.3, -0.25) is 14.5 Å². The van der Waals surface area contributed by atoms with Gasteiger partial charge in [0.05, 0.1) is 5.69 Å². The fourth-order valence-electron chi connectivity index (χ4n) is 4.22. The summed E-state index contributed by atoms with van der Waals surface area (Å²) in [6.07, 6.45) is 4.40. The van der Waals surface area contributed by atoms with Crippen molar-refractivity contribution in [1.29, 1.82) is 0 Å². The van der Waals surface area contributed by atoms with Gasteiger partial charge in [-0.1, -0.05) is 29.8 Å². The number of hydrogen-bond donors (Lipinski definition) is 0. The number of carbonyl (C=O) groups is 2. The molecule has 0 bridgehead atoms. The summed E-state index contributed by atoms with van der Waals surface area (Å²) in [7, 11) is 0. The lowest BCUT2D eigenvalue weighted by molar-refractivity contribution is -0.119. The molecule has 0 fully saturated rings. The quantitative estimate of drug-likeness (QED) is 0.590. The summed E-state index contributed by atoms with van der Waals surface area (Å²) in [5.41, 5.74) is 4.47. The average molecular weight is 412 g/mol. The Morgan fingerprint density at radius 2 is 1.82 bits per heavy atom. The minimum Gasteiger partial charge on any atom is -0.294 e. The van der Waals surface area contributed by atoms with Crippen LogP contribution in [0.15, 0.2) is 58.6 Å². The van der Waals surface area contributed by atoms with Crippen LogP contribution in [0.4, 0.5) is 5.69 Å². The third kappa shape index (κ3) is 3.40. The number of rotatable bonds is 3. The molecule has 1 heterocycles. The Kier molecular flexibility index (Phi) is 5.35. The Bertz CT molecular complexity index is 981. The van der Waals surface area contributed by atoms with Gasteiger partial charge in [-0.2, -0.15) is 0 Å². The fourth-order valence-corrected chi connectivity index (χ4v) is 4.79. The number of benzene rings is 2. The molecule has 0 spiro atoms. The third-order valence-corrected chi connectivity index (χ3v) is 6.58. The van der Waals surface area contributed by atoms with Crippen molar-refractivity contribution in [2.45, 2.75) is 43.4 Å². The first kappa shape index (κ1) is 19.3. The lowest BCUT2D eigenvalue weighted by atomic mass is 9.77. The highest BCUT2D eigenvalue weighted by Gasteiger charge is 2.40. The van der Waals surface area contributed by atoms with Gasteiger partial charge in [0.25, 0.3) is 0 Å². The molecule has 0 N–H and O–H groups in total. The smallest absolute Gasteiger partial charge is 0.232 e. The second kappa shape index (κ2) is 7.76. The number of anilines is 1. The molecule has 1 aliphatic carbocycles. The summed E-state index contributed by atoms with van der Waals surface area (Å²) in [6, 6.07) is 13.8. The zero-order valence-electron chi connectivity index (χ0n) is 16.0. The first-order valence-corrected chi connectivity index (χ1v) is 11.1. The van der Waals surface area contributed by atoms with E-state index < -0.39 is 0 Å². The predicted molar refractivity (Wildman–Crippen MR) is 115 cm³/mol. The van der Waals surface area contributed by atoms with Crippen LogP contribution in [0.5, 0.6) is 0 Å². The van der Waals surface area contributed by atoms with Crippen LogP contribution in [-0.4, -0.2) is 17.9 Å². The van der Waals surface area contributed by atoms with E-state index in [1.54, 1.807) is 16.7 Å². The monoisotopic (exact) mass is 411 g/mol. The molecule has 1 unspecified atom stereocenters. The topological polar surface area (TPSA) is 37.4 Å². The van der Waals surface area contributed by atoms with Crippen LogP contribution >= 0.6 is 23.4 Å². The number of carbonyl (C=O) groups excluding carboxylic acids is 2. The standard InChI is InChI=1S/C23H22ClNO2S/c1-14-6-9-16(24)12-20(14)25-19-4-3-5-21(26)23(19)18(13-22(25)27)15-7-10-17(28-2)11-8-15/h6-12,18H,3-5,13H2,1-2H3. The Balaban J connectivity index is 1.85. The van der Waals surface area contributed by atoms with Crippen molar-refractivity contribution in [3.8, 4) is 0 Å². The summed E-state index contributed by atoms with van der Waals surface area (Å²) in [5.74, 6) is 0.0251. The van der Waals surface area contributed by atoms with Crippen LogP contribution in [0.2, 0.25) is 5.02 Å². The Morgan fingerprint density at radius 1 is 1.07 bits per heavy atom. The number of thioether (sulfide) groups is 1. The highest BCUT2D eigenvalue weighted by Crippen LogP contribution is 2.44. The number of Topliss-reactive ketones (excluding diaryl/α,β-unsaturated/α-hetero) is 1. The van der Waals surface area contributed by atoms with Crippen LogP contribution in [0.1, 0.15) is 42.7 Å². The molecule has 0 saturated carbocycles. The summed E-state index contributed by atoms with van der Waals surface area (Å²) in [6.45, 7) is 1.97. The zero-order valence-corrected chi connectivity index (χ0v) is 17.6. The molecule has 0 saturated heterocycles. The van der Waals surface area contributed by atoms with Gasteiger partial charge in [0.1, 0.15) is 0 Å². The first-order valence-electron chi connectivity index (χ1n) is 9.49. The molecule has 2 aromatic rings. The summed E-state index contributed by atoms with van der Waals surface area (Å²) < 4.78 is 0. The highest BCUT2D eigenvalue weighted by atomic mass is 35.5. The summed E-state index contributed by atoms with van der Waals surface area (Å²) in [5, 5.41) is 0.590. The van der Waals surface area contributed by atoms with Crippen molar-refractivity contribution in [2.24, 2.45) is 0 Å². The Hall–Kier alpha value is -2.04. The molecule has 0 aromatic heterocycles. The Labute approximate surface area is 174 Å². The van der Waals surface area contributed by atoms with E-state index in [2.05, 4.69) is 24.3 Å². The zero-order chi connectivity index (χ0) is 19.8. The van der Waals surface area contributed by atoms with Gasteiger partial charge in [-0.25, -0.2) is 0 Å². The molecule has 3 nitrogen and oxygen atoms in total. The van der Waals surface area contributed by atoms with Gasteiger partial charge < -0.3 is 0 Å². The van der Waals surface area contributed by atoms with E-state index in [9.17, 15) is 9.59 Å². The molecular formula is C23H22ClNO2S. The molecule has 0 radical (unpaired) electrons. The normalized spacial score (nSPS) is 19.8. The number of hydrogen-bond acceptors (Lipinski definition) is 3. The molecule has 4 rings (SSSR count). The van der Waals surface area contributed by atoms with E-state index in [4.69, 9.17) is 11.6 Å². The van der Waals surface area contributed by atoms with Crippen molar-refractivity contribution in [3.05, 3.63) is 69.9 Å². The molecule has 2 aromatic carbocycles. The molecule has 144 valence electrons. The maximum atomic E-state index is 13.3. The molecule has 1 aliphatic heterocycles. The van der Waals surface area contributed by atoms with Crippen molar-refractivity contribution in [1.82, 2.24) is 0 Å². The molecule has 5 heteroatoms. The van der Waals surface area contributed by atoms with Gasteiger partial charge in [0.15, 0.2) is 5.78 Å². The predicted octanol–water partition coefficient (Wildman–Crippen LogP) is 5.90. The van der Waals surface area contributed by atoms with Gasteiger partial charge in [-0.15, -0.1) is 11.8 Å². The van der Waals surface area contributed by atoms with Gasteiger partial charge in [0.2, 0.25) is 5.91 Å². The third-order valence-electron chi connectivity index (χ3n) is 5.61. The van der Waals surface area contributed by atoms with Crippen LogP contribution in [0.3, 0.4) is 0 Å². The van der Waals surface area contributed by atoms with Crippen LogP contribution in [0, 0.1) is 6.92 Å². The maximum absolute atomic E-state index is 13.3. The van der Waals surface area contributed by atoms with Crippen molar-refractivity contribution in [2.75, 3.05) is 11.2 Å². The van der Waals surface area contributed by atoms with E-state index in [-0.39, 0.29) is 17.6 Å². The van der Waals surface area contributed by atoms with E-state index in [1.165, 1.54) is 4.90 Å². The van der Waals surface area contributed by atoms with Crippen molar-refractivity contribution < 1.29 is 9.59 Å². The number of allylic oxidation sites excluding steroid dienone is 2. The van der Waals surface area contributed by atoms with E-state index >= 15 is 0 Å². The average Bonchev–Trinajstić information content (AvgIpc) is 2.70. The first-order chi connectivity index (χ1) is 13.5. The fraction of sp³-hybridized carbons (Fsp3) is 0.304. The molecule has 28 heavy (non-hydrogen) atoms. The highest BCUT2D eigenvalue weighted by molar-refractivity contribution is 7.98. The summed E-state index contributed by atoms with van der Waals surface area (Å²) in [4.78, 5) is 29.1. The summed E-state index contributed by atoms with van der Waals surface area (Å²) >= 11 is 7.90. The lowest BCUT2D eigenvalue weighted by Gasteiger charge is -2.39. The van der Waals surface area contributed by atoms with Crippen LogP contribution in [0.25, 0.3) is 0 Å². The maximum Gasteiger partial charge on any atom is 0.232 e. The molecule has 2 aliphatic rings. The molecular weight excluding hydrogens is 390 g/mol. The van der Waals surface area contributed by atoms with Gasteiger partial charge >= 0.3 is 0 Å². The SMILES string of the molecule is CSc1ccc(C2CC(=O)N(c3cc(Cl)ccc3C)C3=C2C(=O)CCC3)cc1. The number of ketones is 1. The van der Waals surface area contributed by atoms with E-state index in [1.807, 2.05) is 31.4 Å². The van der Waals surface area contributed by atoms with Crippen LogP contribution in [-0.2, 0) is 9.59 Å². The number of nitrogens with zero attached hydrogens (tertiary/aromatic N) is 1.